The predicted octanol–water partition coefficient (Wildman–Crippen LogP) is 3.28. The summed E-state index contributed by atoms with van der Waals surface area (Å²) in [6.07, 6.45) is 8.39. The maximum atomic E-state index is 3.60. The van der Waals surface area contributed by atoms with Gasteiger partial charge in [-0.3, -0.25) is 0 Å². The average molecular weight is 252 g/mol. The van der Waals surface area contributed by atoms with Gasteiger partial charge in [-0.2, -0.15) is 0 Å². The highest BCUT2D eigenvalue weighted by Crippen LogP contribution is 2.42. The highest BCUT2D eigenvalue weighted by molar-refractivity contribution is 4.98. The van der Waals surface area contributed by atoms with E-state index >= 15 is 0 Å². The van der Waals surface area contributed by atoms with Crippen LogP contribution in [-0.2, 0) is 0 Å². The maximum Gasteiger partial charge on any atom is 0.0156 e. The van der Waals surface area contributed by atoms with Crippen molar-refractivity contribution in [3.05, 3.63) is 0 Å². The number of unbranched alkanes of at least 4 members (excludes halogenated alkanes) is 1. The van der Waals surface area contributed by atoms with E-state index in [4.69, 9.17) is 0 Å². The molecular weight excluding hydrogens is 220 g/mol. The molecule has 106 valence electrons. The van der Waals surface area contributed by atoms with Crippen molar-refractivity contribution < 1.29 is 0 Å². The molecule has 0 bridgehead atoms. The summed E-state index contributed by atoms with van der Waals surface area (Å²) in [6.45, 7) is 9.83. The van der Waals surface area contributed by atoms with Crippen LogP contribution in [0.25, 0.3) is 0 Å². The van der Waals surface area contributed by atoms with E-state index in [1.165, 1.54) is 51.6 Å². The fourth-order valence-corrected chi connectivity index (χ4v) is 3.87. The summed E-state index contributed by atoms with van der Waals surface area (Å²) in [5.41, 5.74) is 0.486. The Morgan fingerprint density at radius 3 is 2.50 bits per heavy atom. The molecule has 2 fully saturated rings. The molecule has 0 aromatic heterocycles. The molecule has 0 amide bonds. The molecular formula is C16H32N2. The predicted molar refractivity (Wildman–Crippen MR) is 78.9 cm³/mol. The first-order valence-electron chi connectivity index (χ1n) is 7.99. The molecule has 2 heteroatoms. The van der Waals surface area contributed by atoms with Crippen LogP contribution in [0, 0.1) is 11.3 Å². The smallest absolute Gasteiger partial charge is 0.0156 e. The Kier molecular flexibility index (Phi) is 4.71. The molecule has 2 aliphatic carbocycles. The SMILES string of the molecule is CCCCN(CC1CCC(C)(C)C1NC)C1CC1. The summed E-state index contributed by atoms with van der Waals surface area (Å²) in [6, 6.07) is 1.64. The number of rotatable bonds is 7. The molecule has 0 aromatic carbocycles. The zero-order chi connectivity index (χ0) is 13.2. The van der Waals surface area contributed by atoms with Crippen LogP contribution in [0.4, 0.5) is 0 Å². The minimum Gasteiger partial charge on any atom is -0.316 e. The van der Waals surface area contributed by atoms with Crippen molar-refractivity contribution in [2.24, 2.45) is 11.3 Å². The minimum absolute atomic E-state index is 0.486. The summed E-state index contributed by atoms with van der Waals surface area (Å²) in [4.78, 5) is 2.79. The lowest BCUT2D eigenvalue weighted by Crippen LogP contribution is -2.44. The molecule has 0 spiro atoms. The molecule has 2 saturated carbocycles. The Morgan fingerprint density at radius 1 is 1.22 bits per heavy atom. The molecule has 0 heterocycles. The molecule has 2 aliphatic rings. The topological polar surface area (TPSA) is 15.3 Å². The quantitative estimate of drug-likeness (QED) is 0.748. The van der Waals surface area contributed by atoms with Gasteiger partial charge in [0.2, 0.25) is 0 Å². The van der Waals surface area contributed by atoms with E-state index in [1.54, 1.807) is 0 Å². The average Bonchev–Trinajstić information content (AvgIpc) is 3.11. The van der Waals surface area contributed by atoms with Gasteiger partial charge in [0.1, 0.15) is 0 Å². The lowest BCUT2D eigenvalue weighted by molar-refractivity contribution is 0.180. The van der Waals surface area contributed by atoms with Crippen LogP contribution in [-0.4, -0.2) is 37.1 Å². The van der Waals surface area contributed by atoms with E-state index in [1.807, 2.05) is 0 Å². The maximum absolute atomic E-state index is 3.60. The highest BCUT2D eigenvalue weighted by Gasteiger charge is 2.42. The van der Waals surface area contributed by atoms with Crippen LogP contribution in [0.3, 0.4) is 0 Å². The van der Waals surface area contributed by atoms with Gasteiger partial charge in [0.05, 0.1) is 0 Å². The van der Waals surface area contributed by atoms with Crippen molar-refractivity contribution in [1.29, 1.82) is 0 Å². The fraction of sp³-hybridized carbons (Fsp3) is 1.00. The van der Waals surface area contributed by atoms with Crippen LogP contribution in [0.2, 0.25) is 0 Å². The molecule has 2 rings (SSSR count). The monoisotopic (exact) mass is 252 g/mol. The van der Waals surface area contributed by atoms with Crippen LogP contribution < -0.4 is 5.32 Å². The molecule has 0 aromatic rings. The third-order valence-electron chi connectivity index (χ3n) is 5.11. The number of nitrogens with one attached hydrogen (secondary N) is 1. The Balaban J connectivity index is 1.90. The van der Waals surface area contributed by atoms with E-state index in [2.05, 4.69) is 38.0 Å². The van der Waals surface area contributed by atoms with Crippen LogP contribution in [0.1, 0.15) is 59.3 Å². The van der Waals surface area contributed by atoms with Gasteiger partial charge in [0.25, 0.3) is 0 Å². The molecule has 0 saturated heterocycles. The second-order valence-corrected chi connectivity index (χ2v) is 7.13. The van der Waals surface area contributed by atoms with Gasteiger partial charge in [0, 0.05) is 18.6 Å². The molecule has 0 radical (unpaired) electrons. The van der Waals surface area contributed by atoms with Crippen LogP contribution in [0.15, 0.2) is 0 Å². The van der Waals surface area contributed by atoms with E-state index < -0.39 is 0 Å². The van der Waals surface area contributed by atoms with Gasteiger partial charge in [-0.15, -0.1) is 0 Å². The molecule has 2 atom stereocenters. The molecule has 1 N–H and O–H groups in total. The van der Waals surface area contributed by atoms with Gasteiger partial charge in [-0.1, -0.05) is 27.2 Å². The van der Waals surface area contributed by atoms with Crippen molar-refractivity contribution >= 4 is 0 Å². The van der Waals surface area contributed by atoms with E-state index in [-0.39, 0.29) is 0 Å². The number of nitrogens with zero attached hydrogens (tertiary/aromatic N) is 1. The van der Waals surface area contributed by atoms with Crippen molar-refractivity contribution in [3.8, 4) is 0 Å². The normalized spacial score (nSPS) is 31.2. The van der Waals surface area contributed by atoms with E-state index in [0.717, 1.165) is 12.0 Å². The number of hydrogen-bond acceptors (Lipinski definition) is 2. The Hall–Kier alpha value is -0.0800. The zero-order valence-electron chi connectivity index (χ0n) is 12.8. The highest BCUT2D eigenvalue weighted by atomic mass is 15.2. The number of hydrogen-bond donors (Lipinski definition) is 1. The molecule has 2 nitrogen and oxygen atoms in total. The summed E-state index contributed by atoms with van der Waals surface area (Å²) in [5, 5.41) is 3.60. The molecule has 0 aliphatic heterocycles. The Bertz CT molecular complexity index is 258. The summed E-state index contributed by atoms with van der Waals surface area (Å²) < 4.78 is 0. The van der Waals surface area contributed by atoms with Crippen molar-refractivity contribution in [2.75, 3.05) is 20.1 Å². The van der Waals surface area contributed by atoms with Crippen molar-refractivity contribution in [2.45, 2.75) is 71.4 Å². The van der Waals surface area contributed by atoms with Crippen molar-refractivity contribution in [3.63, 3.8) is 0 Å². The van der Waals surface area contributed by atoms with Crippen molar-refractivity contribution in [1.82, 2.24) is 10.2 Å². The lowest BCUT2D eigenvalue weighted by atomic mass is 9.85. The third kappa shape index (κ3) is 3.27. The Labute approximate surface area is 114 Å². The first kappa shape index (κ1) is 14.3. The Morgan fingerprint density at radius 2 is 1.94 bits per heavy atom. The lowest BCUT2D eigenvalue weighted by Gasteiger charge is -2.33. The van der Waals surface area contributed by atoms with Gasteiger partial charge < -0.3 is 10.2 Å². The zero-order valence-corrected chi connectivity index (χ0v) is 12.8. The minimum atomic E-state index is 0.486. The van der Waals surface area contributed by atoms with Gasteiger partial charge in [0.15, 0.2) is 0 Å². The first-order valence-corrected chi connectivity index (χ1v) is 7.99. The third-order valence-corrected chi connectivity index (χ3v) is 5.11. The summed E-state index contributed by atoms with van der Waals surface area (Å²) >= 11 is 0. The molecule has 2 unspecified atom stereocenters. The second-order valence-electron chi connectivity index (χ2n) is 7.13. The van der Waals surface area contributed by atoms with Crippen LogP contribution >= 0.6 is 0 Å². The van der Waals surface area contributed by atoms with Crippen LogP contribution in [0.5, 0.6) is 0 Å². The standard InChI is InChI=1S/C16H32N2/c1-5-6-11-18(14-7-8-14)12-13-9-10-16(2,3)15(13)17-4/h13-15,17H,5-12H2,1-4H3. The molecule has 18 heavy (non-hydrogen) atoms. The van der Waals surface area contributed by atoms with E-state index in [0.29, 0.717) is 11.5 Å². The first-order chi connectivity index (χ1) is 8.58. The fourth-order valence-electron chi connectivity index (χ4n) is 3.87. The summed E-state index contributed by atoms with van der Waals surface area (Å²) in [7, 11) is 2.15. The largest absolute Gasteiger partial charge is 0.316 e. The van der Waals surface area contributed by atoms with E-state index in [9.17, 15) is 0 Å². The van der Waals surface area contributed by atoms with Gasteiger partial charge >= 0.3 is 0 Å². The second kappa shape index (κ2) is 5.92. The van der Waals surface area contributed by atoms with Gasteiger partial charge in [-0.05, 0) is 57.0 Å². The summed E-state index contributed by atoms with van der Waals surface area (Å²) in [5.74, 6) is 0.863. The van der Waals surface area contributed by atoms with Gasteiger partial charge in [-0.25, -0.2) is 0 Å².